The molecule has 0 unspecified atom stereocenters. The average molecular weight is 364 g/mol. The largest absolute Gasteiger partial charge is 0.497 e. The number of methoxy groups -OCH3 is 2. The molecule has 7 nitrogen and oxygen atoms in total. The molecule has 1 saturated heterocycles. The fraction of sp³-hybridized carbons (Fsp3) is 0.579. The van der Waals surface area contributed by atoms with Crippen LogP contribution in [0.1, 0.15) is 26.3 Å². The Morgan fingerprint density at radius 3 is 2.58 bits per heavy atom. The number of nitrogens with one attached hydrogen (secondary N) is 1. The van der Waals surface area contributed by atoms with Gasteiger partial charge in [0, 0.05) is 13.7 Å². The zero-order valence-electron chi connectivity index (χ0n) is 16.1. The van der Waals surface area contributed by atoms with E-state index in [-0.39, 0.29) is 24.5 Å². The monoisotopic (exact) mass is 364 g/mol. The minimum atomic E-state index is -0.562. The van der Waals surface area contributed by atoms with E-state index in [4.69, 9.17) is 14.2 Å². The maximum absolute atomic E-state index is 12.4. The van der Waals surface area contributed by atoms with Crippen molar-refractivity contribution in [1.29, 1.82) is 0 Å². The summed E-state index contributed by atoms with van der Waals surface area (Å²) < 4.78 is 16.0. The molecule has 0 radical (unpaired) electrons. The molecule has 0 aromatic heterocycles. The first kappa shape index (κ1) is 20.0. The van der Waals surface area contributed by atoms with Crippen molar-refractivity contribution in [2.45, 2.75) is 44.9 Å². The second-order valence-corrected chi connectivity index (χ2v) is 7.36. The number of likely N-dealkylation sites (tertiary alicyclic amines) is 1. The second-order valence-electron chi connectivity index (χ2n) is 7.36. The fourth-order valence-electron chi connectivity index (χ4n) is 2.85. The van der Waals surface area contributed by atoms with Crippen LogP contribution in [0.25, 0.3) is 0 Å². The van der Waals surface area contributed by atoms with Crippen molar-refractivity contribution in [2.75, 3.05) is 27.3 Å². The minimum Gasteiger partial charge on any atom is -0.497 e. The van der Waals surface area contributed by atoms with Crippen molar-refractivity contribution in [3.8, 4) is 5.75 Å². The van der Waals surface area contributed by atoms with Gasteiger partial charge in [-0.1, -0.05) is 12.1 Å². The van der Waals surface area contributed by atoms with Gasteiger partial charge in [-0.15, -0.1) is 0 Å². The summed E-state index contributed by atoms with van der Waals surface area (Å²) in [5.41, 5.74) is 0.297. The molecule has 2 atom stereocenters. The van der Waals surface area contributed by atoms with E-state index in [1.54, 1.807) is 19.1 Å². The Bertz CT molecular complexity index is 641. The molecule has 0 aliphatic carbocycles. The van der Waals surface area contributed by atoms with Gasteiger partial charge in [-0.2, -0.15) is 0 Å². The maximum atomic E-state index is 12.4. The maximum Gasteiger partial charge on any atom is 0.410 e. The molecule has 1 heterocycles. The van der Waals surface area contributed by atoms with E-state index >= 15 is 0 Å². The molecule has 1 aliphatic heterocycles. The lowest BCUT2D eigenvalue weighted by molar-refractivity contribution is -0.121. The van der Waals surface area contributed by atoms with Crippen LogP contribution in [0, 0.1) is 0 Å². The third-order valence-electron chi connectivity index (χ3n) is 4.07. The number of rotatable bonds is 5. The quantitative estimate of drug-likeness (QED) is 0.865. The molecule has 2 amide bonds. The molecule has 1 N–H and O–H groups in total. The molecule has 144 valence electrons. The number of benzene rings is 1. The molecule has 1 fully saturated rings. The fourth-order valence-corrected chi connectivity index (χ4v) is 2.85. The average Bonchev–Trinajstić information content (AvgIpc) is 2.96. The SMILES string of the molecule is COc1cccc(CC(=O)N[C@H]2CN(C(=O)OC(C)(C)C)C[C@@H]2OC)c1. The van der Waals surface area contributed by atoms with E-state index in [1.807, 2.05) is 45.0 Å². The van der Waals surface area contributed by atoms with E-state index in [0.717, 1.165) is 5.56 Å². The topological polar surface area (TPSA) is 77.1 Å². The van der Waals surface area contributed by atoms with Crippen LogP contribution >= 0.6 is 0 Å². The Hall–Kier alpha value is -2.28. The lowest BCUT2D eigenvalue weighted by Crippen LogP contribution is -2.44. The first-order chi connectivity index (χ1) is 12.2. The molecule has 0 saturated carbocycles. The van der Waals surface area contributed by atoms with E-state index in [0.29, 0.717) is 18.8 Å². The molecule has 1 aliphatic rings. The van der Waals surface area contributed by atoms with Crippen LogP contribution in [0.5, 0.6) is 5.75 Å². The van der Waals surface area contributed by atoms with Gasteiger partial charge in [0.1, 0.15) is 11.4 Å². The summed E-state index contributed by atoms with van der Waals surface area (Å²) in [6, 6.07) is 7.11. The highest BCUT2D eigenvalue weighted by atomic mass is 16.6. The number of carbonyl (C=O) groups is 2. The first-order valence-electron chi connectivity index (χ1n) is 8.65. The Morgan fingerprint density at radius 2 is 1.96 bits per heavy atom. The van der Waals surface area contributed by atoms with E-state index in [1.165, 1.54) is 0 Å². The van der Waals surface area contributed by atoms with Gasteiger partial charge in [-0.05, 0) is 38.5 Å². The van der Waals surface area contributed by atoms with Crippen molar-refractivity contribution >= 4 is 12.0 Å². The zero-order chi connectivity index (χ0) is 19.3. The lowest BCUT2D eigenvalue weighted by atomic mass is 10.1. The van der Waals surface area contributed by atoms with Crippen LogP contribution < -0.4 is 10.1 Å². The Morgan fingerprint density at radius 1 is 1.23 bits per heavy atom. The molecule has 7 heteroatoms. The molecule has 26 heavy (non-hydrogen) atoms. The van der Waals surface area contributed by atoms with Gasteiger partial charge in [0.25, 0.3) is 0 Å². The molecule has 2 rings (SSSR count). The molecule has 1 aromatic carbocycles. The number of carbonyl (C=O) groups excluding carboxylic acids is 2. The minimum absolute atomic E-state index is 0.128. The zero-order valence-corrected chi connectivity index (χ0v) is 16.1. The molecule has 1 aromatic rings. The lowest BCUT2D eigenvalue weighted by Gasteiger charge is -2.24. The summed E-state index contributed by atoms with van der Waals surface area (Å²) in [5, 5.41) is 2.96. The molecule has 0 bridgehead atoms. The van der Waals surface area contributed by atoms with Gasteiger partial charge in [0.2, 0.25) is 5.91 Å². The Balaban J connectivity index is 1.94. The number of ether oxygens (including phenoxy) is 3. The number of hydrogen-bond donors (Lipinski definition) is 1. The van der Waals surface area contributed by atoms with E-state index < -0.39 is 11.7 Å². The normalized spacial score (nSPS) is 20.0. The first-order valence-corrected chi connectivity index (χ1v) is 8.65. The summed E-state index contributed by atoms with van der Waals surface area (Å²) in [7, 11) is 3.16. The molecular weight excluding hydrogens is 336 g/mol. The highest BCUT2D eigenvalue weighted by Crippen LogP contribution is 2.18. The van der Waals surface area contributed by atoms with Crippen molar-refractivity contribution in [3.05, 3.63) is 29.8 Å². The van der Waals surface area contributed by atoms with Crippen LogP contribution in [0.15, 0.2) is 24.3 Å². The number of amides is 2. The van der Waals surface area contributed by atoms with Gasteiger partial charge in [-0.25, -0.2) is 4.79 Å². The smallest absolute Gasteiger partial charge is 0.410 e. The Labute approximate surface area is 154 Å². The van der Waals surface area contributed by atoms with Gasteiger partial charge < -0.3 is 24.4 Å². The summed E-state index contributed by atoms with van der Waals surface area (Å²) in [5.74, 6) is 0.582. The predicted molar refractivity (Wildman–Crippen MR) is 97.2 cm³/mol. The standard InChI is InChI=1S/C19H28N2O5/c1-19(2,3)26-18(23)21-11-15(16(12-21)25-5)20-17(22)10-13-7-6-8-14(9-13)24-4/h6-9,15-16H,10-12H2,1-5H3,(H,20,22)/t15-,16-/m0/s1. The molecule has 0 spiro atoms. The van der Waals surface area contributed by atoms with Gasteiger partial charge >= 0.3 is 6.09 Å². The summed E-state index contributed by atoms with van der Waals surface area (Å²) in [4.78, 5) is 26.2. The third kappa shape index (κ3) is 5.62. The van der Waals surface area contributed by atoms with Gasteiger partial charge in [-0.3, -0.25) is 4.79 Å². The number of hydrogen-bond acceptors (Lipinski definition) is 5. The predicted octanol–water partition coefficient (Wildman–Crippen LogP) is 1.99. The van der Waals surface area contributed by atoms with Crippen molar-refractivity contribution in [1.82, 2.24) is 10.2 Å². The summed E-state index contributed by atoms with van der Waals surface area (Å²) in [6.45, 7) is 6.21. The molecular formula is C19H28N2O5. The van der Waals surface area contributed by atoms with Gasteiger partial charge in [0.05, 0.1) is 32.2 Å². The van der Waals surface area contributed by atoms with Crippen molar-refractivity contribution in [3.63, 3.8) is 0 Å². The second kappa shape index (κ2) is 8.40. The van der Waals surface area contributed by atoms with Crippen LogP contribution in [0.3, 0.4) is 0 Å². The van der Waals surface area contributed by atoms with Crippen LogP contribution in [-0.4, -0.2) is 62.0 Å². The Kier molecular flexibility index (Phi) is 6.47. The number of nitrogens with zero attached hydrogens (tertiary/aromatic N) is 1. The summed E-state index contributed by atoms with van der Waals surface area (Å²) >= 11 is 0. The highest BCUT2D eigenvalue weighted by molar-refractivity contribution is 5.79. The van der Waals surface area contributed by atoms with Crippen LogP contribution in [0.4, 0.5) is 4.79 Å². The summed E-state index contributed by atoms with van der Waals surface area (Å²) in [6.07, 6.45) is -0.433. The van der Waals surface area contributed by atoms with Gasteiger partial charge in [0.15, 0.2) is 0 Å². The van der Waals surface area contributed by atoms with Crippen molar-refractivity contribution < 1.29 is 23.8 Å². The van der Waals surface area contributed by atoms with Crippen LogP contribution in [-0.2, 0) is 20.7 Å². The van der Waals surface area contributed by atoms with E-state index in [2.05, 4.69) is 5.32 Å². The third-order valence-corrected chi connectivity index (χ3v) is 4.07. The highest BCUT2D eigenvalue weighted by Gasteiger charge is 2.38. The van der Waals surface area contributed by atoms with Crippen LogP contribution in [0.2, 0.25) is 0 Å². The van der Waals surface area contributed by atoms with Crippen molar-refractivity contribution in [2.24, 2.45) is 0 Å². The van der Waals surface area contributed by atoms with E-state index in [9.17, 15) is 9.59 Å².